The average Bonchev–Trinajstić information content (AvgIpc) is 3.42. The molecule has 0 N–H and O–H groups in total. The Hall–Kier alpha value is -4.15. The molecule has 41 heavy (non-hydrogen) atoms. The second kappa shape index (κ2) is 11.8. The van der Waals surface area contributed by atoms with Gasteiger partial charge in [-0.25, -0.2) is 13.8 Å². The Balaban J connectivity index is 1.59. The van der Waals surface area contributed by atoms with Crippen molar-refractivity contribution >= 4 is 11.5 Å². The van der Waals surface area contributed by atoms with E-state index in [1.54, 1.807) is 45.2 Å². The van der Waals surface area contributed by atoms with Crippen molar-refractivity contribution in [3.05, 3.63) is 65.7 Å². The van der Waals surface area contributed by atoms with Crippen molar-refractivity contribution < 1.29 is 27.7 Å². The van der Waals surface area contributed by atoms with Gasteiger partial charge in [-0.3, -0.25) is 4.40 Å². The first kappa shape index (κ1) is 28.4. The summed E-state index contributed by atoms with van der Waals surface area (Å²) in [5, 5.41) is 8.92. The summed E-state index contributed by atoms with van der Waals surface area (Å²) in [7, 11) is 6.43. The third kappa shape index (κ3) is 5.84. The molecule has 5 rings (SSSR count). The van der Waals surface area contributed by atoms with Gasteiger partial charge >= 0.3 is 0 Å². The Kier molecular flexibility index (Phi) is 8.14. The predicted octanol–water partition coefficient (Wildman–Crippen LogP) is 5.90. The van der Waals surface area contributed by atoms with Crippen LogP contribution in [-0.4, -0.2) is 53.9 Å². The van der Waals surface area contributed by atoms with Crippen LogP contribution in [0.5, 0.6) is 23.0 Å². The van der Waals surface area contributed by atoms with Gasteiger partial charge < -0.3 is 23.8 Å². The lowest BCUT2D eigenvalue weighted by molar-refractivity contribution is -0.0537. The second-order valence-corrected chi connectivity index (χ2v) is 10.4. The van der Waals surface area contributed by atoms with Crippen molar-refractivity contribution in [3.63, 3.8) is 0 Å². The number of fused-ring (bicyclic) bond motifs is 1. The van der Waals surface area contributed by atoms with Crippen LogP contribution < -0.4 is 23.8 Å². The number of aromatic nitrogens is 4. The van der Waals surface area contributed by atoms with E-state index in [0.717, 1.165) is 11.1 Å². The van der Waals surface area contributed by atoms with E-state index in [0.29, 0.717) is 59.8 Å². The van der Waals surface area contributed by atoms with E-state index in [9.17, 15) is 8.78 Å². The van der Waals surface area contributed by atoms with Gasteiger partial charge in [0.15, 0.2) is 5.82 Å². The minimum absolute atomic E-state index is 0.0573. The highest BCUT2D eigenvalue weighted by Crippen LogP contribution is 2.45. The smallest absolute Gasteiger partial charge is 0.248 e. The molecule has 2 unspecified atom stereocenters. The van der Waals surface area contributed by atoms with Crippen molar-refractivity contribution in [1.82, 2.24) is 19.6 Å². The summed E-state index contributed by atoms with van der Waals surface area (Å²) in [6.45, 7) is 2.80. The van der Waals surface area contributed by atoms with Crippen molar-refractivity contribution in [2.24, 2.45) is 5.92 Å². The Morgan fingerprint density at radius 2 is 1.51 bits per heavy atom. The Bertz CT molecular complexity index is 1450. The van der Waals surface area contributed by atoms with Gasteiger partial charge in [0.05, 0.1) is 28.4 Å². The van der Waals surface area contributed by atoms with Crippen LogP contribution in [0.25, 0.3) is 5.65 Å². The van der Waals surface area contributed by atoms with E-state index in [4.69, 9.17) is 23.9 Å². The number of nitrogens with zero attached hydrogens (tertiary/aromatic N) is 5. The number of hydrogen-bond donors (Lipinski definition) is 0. The lowest BCUT2D eigenvalue weighted by atomic mass is 9.78. The van der Waals surface area contributed by atoms with Crippen molar-refractivity contribution in [2.45, 2.75) is 51.1 Å². The van der Waals surface area contributed by atoms with Crippen LogP contribution in [0.2, 0.25) is 0 Å². The minimum atomic E-state index is -2.72. The van der Waals surface area contributed by atoms with Crippen molar-refractivity contribution in [2.75, 3.05) is 33.3 Å². The molecule has 1 aliphatic carbocycles. The fraction of sp³-hybridized carbons (Fsp3) is 0.433. The van der Waals surface area contributed by atoms with Crippen molar-refractivity contribution in [1.29, 1.82) is 0 Å². The number of rotatable bonds is 10. The van der Waals surface area contributed by atoms with Gasteiger partial charge in [-0.15, -0.1) is 10.2 Å². The molecule has 0 saturated heterocycles. The summed E-state index contributed by atoms with van der Waals surface area (Å²) < 4.78 is 52.8. The molecule has 2 atom stereocenters. The Morgan fingerprint density at radius 3 is 2.07 bits per heavy atom. The number of ether oxygens (including phenoxy) is 4. The molecule has 1 fully saturated rings. The highest BCUT2D eigenvalue weighted by atomic mass is 19.3. The number of methoxy groups -OCH3 is 4. The van der Waals surface area contributed by atoms with Crippen LogP contribution in [0, 0.1) is 5.92 Å². The van der Waals surface area contributed by atoms with E-state index < -0.39 is 11.8 Å². The van der Waals surface area contributed by atoms with Gasteiger partial charge in [0.2, 0.25) is 11.6 Å². The molecular formula is C30H35F2N5O4. The lowest BCUT2D eigenvalue weighted by Gasteiger charge is -2.33. The number of benzene rings is 2. The normalized spacial score (nSPS) is 18.2. The number of anilines is 1. The van der Waals surface area contributed by atoms with Crippen LogP contribution >= 0.6 is 0 Å². The van der Waals surface area contributed by atoms with E-state index in [-0.39, 0.29) is 18.8 Å². The van der Waals surface area contributed by atoms with Crippen LogP contribution in [0.1, 0.15) is 49.1 Å². The quantitative estimate of drug-likeness (QED) is 0.234. The summed E-state index contributed by atoms with van der Waals surface area (Å²) >= 11 is 0. The zero-order chi connectivity index (χ0) is 29.1. The van der Waals surface area contributed by atoms with Crippen LogP contribution in [0.15, 0.2) is 48.8 Å². The molecule has 1 saturated carbocycles. The average molecular weight is 568 g/mol. The SMILES string of the molecule is COc1ccc(CN(Cc2ccc(OC)cc2OC)c2nccn3c(C4CC(F)(F)CCC4C)nnc23)c(OC)c1. The van der Waals surface area contributed by atoms with Gasteiger partial charge in [0, 0.05) is 67.5 Å². The summed E-state index contributed by atoms with van der Waals surface area (Å²) in [6.07, 6.45) is 3.49. The third-order valence-electron chi connectivity index (χ3n) is 7.85. The molecule has 0 spiro atoms. The van der Waals surface area contributed by atoms with E-state index in [1.165, 1.54) is 0 Å². The molecule has 2 aromatic carbocycles. The van der Waals surface area contributed by atoms with Gasteiger partial charge in [0.25, 0.3) is 0 Å². The monoisotopic (exact) mass is 567 g/mol. The van der Waals surface area contributed by atoms with Gasteiger partial charge in [-0.05, 0) is 36.6 Å². The second-order valence-electron chi connectivity index (χ2n) is 10.4. The molecule has 11 heteroatoms. The van der Waals surface area contributed by atoms with E-state index >= 15 is 0 Å². The standard InChI is InChI=1S/C30H35F2N5O4/c1-19-10-11-30(31,32)16-24(19)27-34-35-29-28(33-12-13-37(27)29)36(17-20-6-8-22(38-2)14-25(20)40-4)18-21-7-9-23(39-3)15-26(21)41-5/h6-9,12-15,19,24H,10-11,16-18H2,1-5H3. The molecule has 0 amide bonds. The summed E-state index contributed by atoms with van der Waals surface area (Å²) in [4.78, 5) is 6.75. The number of hydrogen-bond acceptors (Lipinski definition) is 8. The fourth-order valence-corrected chi connectivity index (χ4v) is 5.50. The molecule has 0 bridgehead atoms. The van der Waals surface area contributed by atoms with E-state index in [1.807, 2.05) is 48.2 Å². The van der Waals surface area contributed by atoms with Crippen LogP contribution in [0.3, 0.4) is 0 Å². The minimum Gasteiger partial charge on any atom is -0.497 e. The fourth-order valence-electron chi connectivity index (χ4n) is 5.50. The maximum absolute atomic E-state index is 14.4. The number of halogens is 2. The molecular weight excluding hydrogens is 532 g/mol. The molecule has 0 aliphatic heterocycles. The highest BCUT2D eigenvalue weighted by molar-refractivity contribution is 5.65. The molecule has 2 heterocycles. The zero-order valence-electron chi connectivity index (χ0n) is 23.9. The summed E-state index contributed by atoms with van der Waals surface area (Å²) in [5.74, 6) is 0.663. The third-order valence-corrected chi connectivity index (χ3v) is 7.85. The maximum atomic E-state index is 14.4. The van der Waals surface area contributed by atoms with Gasteiger partial charge in [-0.2, -0.15) is 0 Å². The topological polar surface area (TPSA) is 83.2 Å². The Labute approximate surface area is 238 Å². The molecule has 9 nitrogen and oxygen atoms in total. The van der Waals surface area contributed by atoms with Crippen LogP contribution in [-0.2, 0) is 13.1 Å². The highest BCUT2D eigenvalue weighted by Gasteiger charge is 2.42. The van der Waals surface area contributed by atoms with Crippen molar-refractivity contribution in [3.8, 4) is 23.0 Å². The summed E-state index contributed by atoms with van der Waals surface area (Å²) in [5.41, 5.74) is 2.28. The molecule has 0 radical (unpaired) electrons. The first-order valence-corrected chi connectivity index (χ1v) is 13.5. The first-order chi connectivity index (χ1) is 19.8. The molecule has 1 aliphatic rings. The molecule has 218 valence electrons. The predicted molar refractivity (Wildman–Crippen MR) is 150 cm³/mol. The van der Waals surface area contributed by atoms with Crippen LogP contribution in [0.4, 0.5) is 14.6 Å². The first-order valence-electron chi connectivity index (χ1n) is 13.5. The molecule has 4 aromatic rings. The molecule has 2 aromatic heterocycles. The number of alkyl halides is 2. The Morgan fingerprint density at radius 1 is 0.902 bits per heavy atom. The van der Waals surface area contributed by atoms with Gasteiger partial charge in [0.1, 0.15) is 28.8 Å². The lowest BCUT2D eigenvalue weighted by Crippen LogP contribution is -2.31. The van der Waals surface area contributed by atoms with E-state index in [2.05, 4.69) is 10.2 Å². The zero-order valence-corrected chi connectivity index (χ0v) is 23.9. The maximum Gasteiger partial charge on any atom is 0.248 e. The summed E-state index contributed by atoms with van der Waals surface area (Å²) in [6, 6.07) is 11.3. The largest absolute Gasteiger partial charge is 0.497 e. The van der Waals surface area contributed by atoms with Gasteiger partial charge in [-0.1, -0.05) is 6.92 Å².